The van der Waals surface area contributed by atoms with E-state index in [2.05, 4.69) is 10.5 Å². The Morgan fingerprint density at radius 3 is 2.82 bits per heavy atom. The zero-order valence-corrected chi connectivity index (χ0v) is 10.2. The van der Waals surface area contributed by atoms with E-state index in [1.54, 1.807) is 24.3 Å². The van der Waals surface area contributed by atoms with Crippen LogP contribution in [0.15, 0.2) is 29.4 Å². The van der Waals surface area contributed by atoms with Crippen LogP contribution in [0, 0.1) is 0 Å². The van der Waals surface area contributed by atoms with Crippen LogP contribution in [0.2, 0.25) is 5.02 Å². The third-order valence-corrected chi connectivity index (χ3v) is 2.73. The van der Waals surface area contributed by atoms with Gasteiger partial charge in [0.2, 0.25) is 0 Å². The molecule has 0 saturated carbocycles. The third kappa shape index (κ3) is 3.20. The Morgan fingerprint density at radius 2 is 2.24 bits per heavy atom. The SMILES string of the molecule is CC1=NO[C@@H](CNC(=O)c2ccc(Cl)cc2)C1. The summed E-state index contributed by atoms with van der Waals surface area (Å²) in [5.74, 6) is -0.130. The molecule has 0 radical (unpaired) electrons. The molecule has 1 aliphatic heterocycles. The van der Waals surface area contributed by atoms with Crippen LogP contribution in [0.25, 0.3) is 0 Å². The lowest BCUT2D eigenvalue weighted by Gasteiger charge is -2.09. The van der Waals surface area contributed by atoms with E-state index in [1.165, 1.54) is 0 Å². The van der Waals surface area contributed by atoms with Crippen LogP contribution in [0.4, 0.5) is 0 Å². The van der Waals surface area contributed by atoms with E-state index in [4.69, 9.17) is 16.4 Å². The summed E-state index contributed by atoms with van der Waals surface area (Å²) in [6.07, 6.45) is 0.715. The van der Waals surface area contributed by atoms with Gasteiger partial charge in [-0.25, -0.2) is 0 Å². The zero-order chi connectivity index (χ0) is 12.3. The molecule has 0 bridgehead atoms. The smallest absolute Gasteiger partial charge is 0.251 e. The summed E-state index contributed by atoms with van der Waals surface area (Å²) in [6, 6.07) is 6.76. The summed E-state index contributed by atoms with van der Waals surface area (Å²) in [6.45, 7) is 2.36. The van der Waals surface area contributed by atoms with Gasteiger partial charge in [0.05, 0.1) is 12.3 Å². The number of hydrogen-bond donors (Lipinski definition) is 1. The number of carbonyl (C=O) groups is 1. The van der Waals surface area contributed by atoms with E-state index < -0.39 is 0 Å². The maximum Gasteiger partial charge on any atom is 0.251 e. The first-order valence-corrected chi connectivity index (χ1v) is 5.76. The minimum Gasteiger partial charge on any atom is -0.390 e. The van der Waals surface area contributed by atoms with Gasteiger partial charge in [0.1, 0.15) is 6.10 Å². The summed E-state index contributed by atoms with van der Waals surface area (Å²) in [4.78, 5) is 16.9. The number of amides is 1. The van der Waals surface area contributed by atoms with Crippen LogP contribution in [0.5, 0.6) is 0 Å². The lowest BCUT2D eigenvalue weighted by molar-refractivity contribution is 0.0753. The summed E-state index contributed by atoms with van der Waals surface area (Å²) in [7, 11) is 0. The van der Waals surface area contributed by atoms with Crippen molar-refractivity contribution >= 4 is 23.2 Å². The number of hydrogen-bond acceptors (Lipinski definition) is 3. The molecule has 1 atom stereocenters. The van der Waals surface area contributed by atoms with Gasteiger partial charge in [0.15, 0.2) is 0 Å². The minimum atomic E-state index is -0.130. The Morgan fingerprint density at radius 1 is 1.53 bits per heavy atom. The number of oxime groups is 1. The van der Waals surface area contributed by atoms with Gasteiger partial charge in [-0.2, -0.15) is 0 Å². The van der Waals surface area contributed by atoms with Crippen molar-refractivity contribution in [3.8, 4) is 0 Å². The summed E-state index contributed by atoms with van der Waals surface area (Å²) in [5.41, 5.74) is 1.54. The fraction of sp³-hybridized carbons (Fsp3) is 0.333. The predicted molar refractivity (Wildman–Crippen MR) is 66.4 cm³/mol. The van der Waals surface area contributed by atoms with Crippen molar-refractivity contribution < 1.29 is 9.63 Å². The van der Waals surface area contributed by atoms with Crippen LogP contribution >= 0.6 is 11.6 Å². The molecule has 1 aliphatic rings. The van der Waals surface area contributed by atoms with E-state index in [9.17, 15) is 4.79 Å². The largest absolute Gasteiger partial charge is 0.390 e. The van der Waals surface area contributed by atoms with Gasteiger partial charge in [-0.1, -0.05) is 16.8 Å². The number of halogens is 1. The Kier molecular flexibility index (Phi) is 3.64. The maximum atomic E-state index is 11.7. The van der Waals surface area contributed by atoms with Crippen molar-refractivity contribution in [1.29, 1.82) is 0 Å². The molecular weight excluding hydrogens is 240 g/mol. The molecule has 0 aliphatic carbocycles. The summed E-state index contributed by atoms with van der Waals surface area (Å²) in [5, 5.41) is 7.24. The van der Waals surface area contributed by atoms with Gasteiger partial charge in [-0.3, -0.25) is 4.79 Å². The Hall–Kier alpha value is -1.55. The molecule has 17 heavy (non-hydrogen) atoms. The summed E-state index contributed by atoms with van der Waals surface area (Å²) < 4.78 is 0. The second-order valence-electron chi connectivity index (χ2n) is 3.98. The van der Waals surface area contributed by atoms with E-state index in [0.29, 0.717) is 17.1 Å². The van der Waals surface area contributed by atoms with Crippen molar-refractivity contribution in [1.82, 2.24) is 5.32 Å². The van der Waals surface area contributed by atoms with Gasteiger partial charge >= 0.3 is 0 Å². The molecule has 0 spiro atoms. The first-order chi connectivity index (χ1) is 8.15. The van der Waals surface area contributed by atoms with Gasteiger partial charge < -0.3 is 10.2 Å². The lowest BCUT2D eigenvalue weighted by Crippen LogP contribution is -2.32. The van der Waals surface area contributed by atoms with Crippen LogP contribution in [-0.4, -0.2) is 24.3 Å². The Bertz CT molecular complexity index is 442. The van der Waals surface area contributed by atoms with Crippen LogP contribution in [-0.2, 0) is 4.84 Å². The lowest BCUT2D eigenvalue weighted by atomic mass is 10.2. The van der Waals surface area contributed by atoms with E-state index in [0.717, 1.165) is 12.1 Å². The highest BCUT2D eigenvalue weighted by Gasteiger charge is 2.18. The monoisotopic (exact) mass is 252 g/mol. The predicted octanol–water partition coefficient (Wildman–Crippen LogP) is 2.23. The molecule has 1 amide bonds. The molecule has 4 nitrogen and oxygen atoms in total. The Balaban J connectivity index is 1.83. The second kappa shape index (κ2) is 5.19. The standard InChI is InChI=1S/C12H13ClN2O2/c1-8-6-11(17-15-8)7-14-12(16)9-2-4-10(13)5-3-9/h2-5,11H,6-7H2,1H3,(H,14,16)/t11-/m1/s1. The fourth-order valence-corrected chi connectivity index (χ4v) is 1.71. The van der Waals surface area contributed by atoms with Gasteiger partial charge in [0, 0.05) is 17.0 Å². The molecule has 0 unspecified atom stereocenters. The van der Waals surface area contributed by atoms with Crippen molar-refractivity contribution in [3.05, 3.63) is 34.9 Å². The number of rotatable bonds is 3. The minimum absolute atomic E-state index is 0.0498. The van der Waals surface area contributed by atoms with Crippen molar-refractivity contribution in [2.75, 3.05) is 6.54 Å². The first-order valence-electron chi connectivity index (χ1n) is 5.38. The van der Waals surface area contributed by atoms with Gasteiger partial charge in [0.25, 0.3) is 5.91 Å². The van der Waals surface area contributed by atoms with Crippen LogP contribution in [0.3, 0.4) is 0 Å². The number of nitrogens with one attached hydrogen (secondary N) is 1. The molecule has 1 N–H and O–H groups in total. The highest BCUT2D eigenvalue weighted by Crippen LogP contribution is 2.11. The molecule has 2 rings (SSSR count). The zero-order valence-electron chi connectivity index (χ0n) is 9.44. The van der Waals surface area contributed by atoms with E-state index >= 15 is 0 Å². The van der Waals surface area contributed by atoms with Crippen molar-refractivity contribution in [2.45, 2.75) is 19.4 Å². The molecule has 1 aromatic carbocycles. The van der Waals surface area contributed by atoms with E-state index in [1.807, 2.05) is 6.92 Å². The van der Waals surface area contributed by atoms with Crippen LogP contribution < -0.4 is 5.32 Å². The fourth-order valence-electron chi connectivity index (χ4n) is 1.59. The Labute approximate surface area is 105 Å². The third-order valence-electron chi connectivity index (χ3n) is 2.48. The molecule has 0 saturated heterocycles. The average molecular weight is 253 g/mol. The second-order valence-corrected chi connectivity index (χ2v) is 4.41. The quantitative estimate of drug-likeness (QED) is 0.897. The summed E-state index contributed by atoms with van der Waals surface area (Å²) >= 11 is 5.75. The average Bonchev–Trinajstić information content (AvgIpc) is 2.73. The van der Waals surface area contributed by atoms with E-state index in [-0.39, 0.29) is 12.0 Å². The first kappa shape index (κ1) is 11.9. The topological polar surface area (TPSA) is 50.7 Å². The maximum absolute atomic E-state index is 11.7. The molecule has 5 heteroatoms. The van der Waals surface area contributed by atoms with Crippen LogP contribution in [0.1, 0.15) is 23.7 Å². The molecular formula is C12H13ClN2O2. The number of nitrogens with zero attached hydrogens (tertiary/aromatic N) is 1. The van der Waals surface area contributed by atoms with Gasteiger partial charge in [-0.15, -0.1) is 0 Å². The highest BCUT2D eigenvalue weighted by molar-refractivity contribution is 6.30. The molecule has 0 aromatic heterocycles. The van der Waals surface area contributed by atoms with Crippen molar-refractivity contribution in [3.63, 3.8) is 0 Å². The molecule has 0 fully saturated rings. The number of carbonyl (C=O) groups excluding carboxylic acids is 1. The number of benzene rings is 1. The molecule has 1 heterocycles. The normalized spacial score (nSPS) is 18.5. The molecule has 1 aromatic rings. The van der Waals surface area contributed by atoms with Crippen molar-refractivity contribution in [2.24, 2.45) is 5.16 Å². The van der Waals surface area contributed by atoms with Gasteiger partial charge in [-0.05, 0) is 31.2 Å². The molecule has 90 valence electrons. The highest BCUT2D eigenvalue weighted by atomic mass is 35.5.